The Balaban J connectivity index is 1.32. The summed E-state index contributed by atoms with van der Waals surface area (Å²) >= 11 is 0. The first kappa shape index (κ1) is 17.3. The molecule has 5 nitrogen and oxygen atoms in total. The molecule has 0 saturated carbocycles. The Hall–Kier alpha value is -2.86. The number of carbonyl (C=O) groups is 1. The first-order valence-electron chi connectivity index (χ1n) is 9.55. The van der Waals surface area contributed by atoms with Gasteiger partial charge in [0.25, 0.3) is 5.91 Å². The summed E-state index contributed by atoms with van der Waals surface area (Å²) in [5, 5.41) is 3.37. The predicted molar refractivity (Wildman–Crippen MR) is 110 cm³/mol. The number of halogens is 1. The van der Waals surface area contributed by atoms with Crippen LogP contribution < -0.4 is 10.2 Å². The topological polar surface area (TPSA) is 51.4 Å². The van der Waals surface area contributed by atoms with Crippen LogP contribution in [0.5, 0.6) is 0 Å². The standard InChI is InChI=1S/C22H23FN4O/c1-14-6-7-18(23)17-9-19(25-20(14)17)21(28)24-15-4-3-5-16(8-15)27-12-22(13-27)10-26(2)11-22/h3-9,25H,10-13H2,1-2H3,(H,24,28). The number of aromatic amines is 1. The molecule has 2 N–H and O–H groups in total. The van der Waals surface area contributed by atoms with Crippen LogP contribution in [0.1, 0.15) is 16.1 Å². The number of likely N-dealkylation sites (tertiary alicyclic amines) is 1. The summed E-state index contributed by atoms with van der Waals surface area (Å²) in [4.78, 5) is 20.4. The molecule has 5 rings (SSSR count). The van der Waals surface area contributed by atoms with E-state index >= 15 is 0 Å². The van der Waals surface area contributed by atoms with Crippen LogP contribution >= 0.6 is 0 Å². The van der Waals surface area contributed by atoms with Crippen LogP contribution in [-0.2, 0) is 0 Å². The summed E-state index contributed by atoms with van der Waals surface area (Å²) in [6.07, 6.45) is 0. The fraction of sp³-hybridized carbons (Fsp3) is 0.318. The van der Waals surface area contributed by atoms with Gasteiger partial charge in [0.1, 0.15) is 11.5 Å². The van der Waals surface area contributed by atoms with Crippen molar-refractivity contribution < 1.29 is 9.18 Å². The second kappa shape index (κ2) is 6.07. The lowest BCUT2D eigenvalue weighted by Gasteiger charge is -2.60. The van der Waals surface area contributed by atoms with E-state index in [-0.39, 0.29) is 11.7 Å². The maximum atomic E-state index is 14.0. The molecule has 0 unspecified atom stereocenters. The summed E-state index contributed by atoms with van der Waals surface area (Å²) in [6, 6.07) is 12.6. The molecule has 3 aromatic rings. The van der Waals surface area contributed by atoms with Crippen LogP contribution in [0, 0.1) is 18.2 Å². The van der Waals surface area contributed by atoms with Gasteiger partial charge in [-0.2, -0.15) is 0 Å². The Morgan fingerprint density at radius 2 is 1.93 bits per heavy atom. The van der Waals surface area contributed by atoms with E-state index < -0.39 is 0 Å². The third kappa shape index (κ3) is 2.76. The Morgan fingerprint density at radius 3 is 2.64 bits per heavy atom. The van der Waals surface area contributed by atoms with Crippen molar-refractivity contribution >= 4 is 28.2 Å². The van der Waals surface area contributed by atoms with Crippen molar-refractivity contribution in [2.45, 2.75) is 6.92 Å². The van der Waals surface area contributed by atoms with Gasteiger partial charge in [-0.05, 0) is 49.9 Å². The highest BCUT2D eigenvalue weighted by Gasteiger charge is 2.50. The fourth-order valence-electron chi connectivity index (χ4n) is 4.67. The number of amides is 1. The molecular formula is C22H23FN4O. The highest BCUT2D eigenvalue weighted by Crippen LogP contribution is 2.41. The highest BCUT2D eigenvalue weighted by molar-refractivity contribution is 6.06. The van der Waals surface area contributed by atoms with Gasteiger partial charge in [-0.3, -0.25) is 4.79 Å². The molecule has 6 heteroatoms. The van der Waals surface area contributed by atoms with Crippen LogP contribution in [0.4, 0.5) is 15.8 Å². The number of benzene rings is 2. The SMILES string of the molecule is Cc1ccc(F)c2cc(C(=O)Nc3cccc(N4CC5(CN(C)C5)C4)c3)[nH]c12. The largest absolute Gasteiger partial charge is 0.370 e. The lowest BCUT2D eigenvalue weighted by atomic mass is 9.73. The molecule has 2 aromatic carbocycles. The van der Waals surface area contributed by atoms with Gasteiger partial charge in [0.05, 0.1) is 5.52 Å². The van der Waals surface area contributed by atoms with Crippen LogP contribution in [0.3, 0.4) is 0 Å². The summed E-state index contributed by atoms with van der Waals surface area (Å²) in [6.45, 7) is 6.35. The van der Waals surface area contributed by atoms with E-state index in [1.165, 1.54) is 6.07 Å². The lowest BCUT2D eigenvalue weighted by Crippen LogP contribution is -2.71. The minimum absolute atomic E-state index is 0.271. The highest BCUT2D eigenvalue weighted by atomic mass is 19.1. The number of aryl methyl sites for hydroxylation is 1. The minimum Gasteiger partial charge on any atom is -0.370 e. The van der Waals surface area contributed by atoms with Gasteiger partial charge in [-0.25, -0.2) is 4.39 Å². The molecule has 1 aromatic heterocycles. The number of fused-ring (bicyclic) bond motifs is 1. The van der Waals surface area contributed by atoms with Crippen LogP contribution in [0.25, 0.3) is 10.9 Å². The zero-order chi connectivity index (χ0) is 19.5. The number of anilines is 2. The molecule has 2 aliphatic heterocycles. The van der Waals surface area contributed by atoms with E-state index in [0.717, 1.165) is 43.1 Å². The number of hydrogen-bond donors (Lipinski definition) is 2. The number of hydrogen-bond acceptors (Lipinski definition) is 3. The van der Waals surface area contributed by atoms with Crippen molar-refractivity contribution in [1.29, 1.82) is 0 Å². The van der Waals surface area contributed by atoms with Crippen molar-refractivity contribution in [2.75, 3.05) is 43.4 Å². The number of carbonyl (C=O) groups excluding carboxylic acids is 1. The van der Waals surface area contributed by atoms with Gasteiger partial charge in [0.15, 0.2) is 0 Å². The third-order valence-corrected chi connectivity index (χ3v) is 5.93. The minimum atomic E-state index is -0.328. The first-order chi connectivity index (χ1) is 13.4. The normalized spacial score (nSPS) is 18.2. The molecule has 0 atom stereocenters. The monoisotopic (exact) mass is 378 g/mol. The van der Waals surface area contributed by atoms with E-state index in [1.807, 2.05) is 25.1 Å². The Labute approximate surface area is 163 Å². The number of nitrogens with one attached hydrogen (secondary N) is 2. The Kier molecular flexibility index (Phi) is 3.74. The molecular weight excluding hydrogens is 355 g/mol. The van der Waals surface area contributed by atoms with Gasteiger partial charge in [-0.15, -0.1) is 0 Å². The van der Waals surface area contributed by atoms with E-state index in [2.05, 4.69) is 33.2 Å². The molecule has 0 aliphatic carbocycles. The van der Waals surface area contributed by atoms with E-state index in [0.29, 0.717) is 22.0 Å². The van der Waals surface area contributed by atoms with Crippen molar-refractivity contribution in [3.63, 3.8) is 0 Å². The van der Waals surface area contributed by atoms with Crippen molar-refractivity contribution in [1.82, 2.24) is 9.88 Å². The van der Waals surface area contributed by atoms with Crippen molar-refractivity contribution in [2.24, 2.45) is 5.41 Å². The van der Waals surface area contributed by atoms with Gasteiger partial charge in [0, 0.05) is 48.4 Å². The van der Waals surface area contributed by atoms with E-state index in [4.69, 9.17) is 0 Å². The molecule has 144 valence electrons. The second-order valence-corrected chi connectivity index (χ2v) is 8.37. The summed E-state index contributed by atoms with van der Waals surface area (Å²) in [5.74, 6) is -0.598. The molecule has 2 aliphatic rings. The van der Waals surface area contributed by atoms with Crippen molar-refractivity contribution in [3.8, 4) is 0 Å². The average Bonchev–Trinajstić information content (AvgIpc) is 3.07. The maximum absolute atomic E-state index is 14.0. The predicted octanol–water partition coefficient (Wildman–Crippen LogP) is 3.62. The number of aromatic nitrogens is 1. The van der Waals surface area contributed by atoms with Crippen LogP contribution in [-0.4, -0.2) is 49.0 Å². The van der Waals surface area contributed by atoms with Gasteiger partial charge < -0.3 is 20.1 Å². The fourth-order valence-corrected chi connectivity index (χ4v) is 4.67. The number of H-pyrrole nitrogens is 1. The molecule has 28 heavy (non-hydrogen) atoms. The molecule has 3 heterocycles. The molecule has 2 saturated heterocycles. The molecule has 2 fully saturated rings. The van der Waals surface area contributed by atoms with Crippen LogP contribution in [0.2, 0.25) is 0 Å². The molecule has 1 spiro atoms. The molecule has 0 bridgehead atoms. The van der Waals surface area contributed by atoms with Crippen LogP contribution in [0.15, 0.2) is 42.5 Å². The lowest BCUT2D eigenvalue weighted by molar-refractivity contribution is -0.00238. The summed E-state index contributed by atoms with van der Waals surface area (Å²) in [5.41, 5.74) is 4.25. The average molecular weight is 378 g/mol. The zero-order valence-electron chi connectivity index (χ0n) is 16.1. The zero-order valence-corrected chi connectivity index (χ0v) is 16.1. The molecule has 1 amide bonds. The summed E-state index contributed by atoms with van der Waals surface area (Å²) < 4.78 is 14.0. The van der Waals surface area contributed by atoms with Gasteiger partial charge in [0.2, 0.25) is 0 Å². The Bertz CT molecular complexity index is 1040. The smallest absolute Gasteiger partial charge is 0.272 e. The van der Waals surface area contributed by atoms with Gasteiger partial charge >= 0.3 is 0 Å². The number of rotatable bonds is 3. The maximum Gasteiger partial charge on any atom is 0.272 e. The molecule has 0 radical (unpaired) electrons. The quantitative estimate of drug-likeness (QED) is 0.732. The third-order valence-electron chi connectivity index (χ3n) is 5.93. The Morgan fingerprint density at radius 1 is 1.14 bits per heavy atom. The van der Waals surface area contributed by atoms with Crippen molar-refractivity contribution in [3.05, 3.63) is 59.5 Å². The second-order valence-electron chi connectivity index (χ2n) is 8.37. The van der Waals surface area contributed by atoms with Gasteiger partial charge in [-0.1, -0.05) is 12.1 Å². The first-order valence-corrected chi connectivity index (χ1v) is 9.55. The number of nitrogens with zero attached hydrogens (tertiary/aromatic N) is 2. The summed E-state index contributed by atoms with van der Waals surface area (Å²) in [7, 11) is 2.15. The van der Waals surface area contributed by atoms with E-state index in [9.17, 15) is 9.18 Å². The van der Waals surface area contributed by atoms with E-state index in [1.54, 1.807) is 12.1 Å².